The van der Waals surface area contributed by atoms with Crippen molar-refractivity contribution in [2.75, 3.05) is 18.9 Å². The first kappa shape index (κ1) is 17.3. The van der Waals surface area contributed by atoms with Gasteiger partial charge in [-0.2, -0.15) is 5.26 Å². The van der Waals surface area contributed by atoms with Crippen molar-refractivity contribution in [1.82, 2.24) is 4.90 Å². The molecule has 0 aliphatic rings. The number of carbonyl (C=O) groups excluding carboxylic acids is 1. The van der Waals surface area contributed by atoms with Crippen molar-refractivity contribution in [2.24, 2.45) is 0 Å². The standard InChI is InChI=1S/C17H15Cl2N3O/c1-22(10-13-4-2-3-5-15(13)18)11-17(23)21-14-7-6-12(9-20)16(19)8-14/h2-8H,10-11H2,1H3,(H,21,23). The second-order valence-electron chi connectivity index (χ2n) is 5.12. The Hall–Kier alpha value is -2.06. The first-order valence-corrected chi connectivity index (χ1v) is 7.66. The van der Waals surface area contributed by atoms with E-state index >= 15 is 0 Å². The molecule has 1 amide bonds. The molecular weight excluding hydrogens is 333 g/mol. The molecule has 0 heterocycles. The van der Waals surface area contributed by atoms with Crippen LogP contribution in [0.15, 0.2) is 42.5 Å². The van der Waals surface area contributed by atoms with Gasteiger partial charge in [0.25, 0.3) is 0 Å². The number of hydrogen-bond acceptors (Lipinski definition) is 3. The fourth-order valence-electron chi connectivity index (χ4n) is 2.10. The Balaban J connectivity index is 1.93. The number of rotatable bonds is 5. The third-order valence-electron chi connectivity index (χ3n) is 3.18. The first-order chi connectivity index (χ1) is 11.0. The van der Waals surface area contributed by atoms with Crippen LogP contribution in [-0.4, -0.2) is 24.4 Å². The molecule has 23 heavy (non-hydrogen) atoms. The monoisotopic (exact) mass is 347 g/mol. The molecule has 0 fully saturated rings. The van der Waals surface area contributed by atoms with E-state index in [4.69, 9.17) is 28.5 Å². The normalized spacial score (nSPS) is 10.4. The van der Waals surface area contributed by atoms with Gasteiger partial charge in [-0.25, -0.2) is 0 Å². The highest BCUT2D eigenvalue weighted by Crippen LogP contribution is 2.20. The lowest BCUT2D eigenvalue weighted by Gasteiger charge is -2.17. The topological polar surface area (TPSA) is 56.1 Å². The summed E-state index contributed by atoms with van der Waals surface area (Å²) in [6.07, 6.45) is 0. The van der Waals surface area contributed by atoms with E-state index in [0.717, 1.165) is 5.56 Å². The van der Waals surface area contributed by atoms with Crippen molar-refractivity contribution >= 4 is 34.8 Å². The minimum Gasteiger partial charge on any atom is -0.325 e. The number of amides is 1. The van der Waals surface area contributed by atoms with Gasteiger partial charge in [-0.1, -0.05) is 41.4 Å². The summed E-state index contributed by atoms with van der Waals surface area (Å²) in [7, 11) is 1.84. The van der Waals surface area contributed by atoms with Crippen LogP contribution in [0.4, 0.5) is 5.69 Å². The maximum atomic E-state index is 12.1. The van der Waals surface area contributed by atoms with E-state index in [1.807, 2.05) is 42.3 Å². The number of nitrogens with zero attached hydrogens (tertiary/aromatic N) is 2. The van der Waals surface area contributed by atoms with E-state index < -0.39 is 0 Å². The molecule has 0 aliphatic heterocycles. The Morgan fingerprint density at radius 1 is 1.22 bits per heavy atom. The number of likely N-dealkylation sites (N-methyl/N-ethyl adjacent to an activating group) is 1. The highest BCUT2D eigenvalue weighted by molar-refractivity contribution is 6.32. The molecule has 6 heteroatoms. The number of carbonyl (C=O) groups is 1. The van der Waals surface area contributed by atoms with Crippen molar-refractivity contribution < 1.29 is 4.79 Å². The van der Waals surface area contributed by atoms with Crippen LogP contribution in [0.25, 0.3) is 0 Å². The van der Waals surface area contributed by atoms with Crippen LogP contribution in [0.3, 0.4) is 0 Å². The van der Waals surface area contributed by atoms with E-state index in [2.05, 4.69) is 5.32 Å². The largest absolute Gasteiger partial charge is 0.325 e. The molecule has 0 saturated heterocycles. The molecule has 2 rings (SSSR count). The molecular formula is C17H15Cl2N3O. The first-order valence-electron chi connectivity index (χ1n) is 6.91. The molecule has 4 nitrogen and oxygen atoms in total. The summed E-state index contributed by atoms with van der Waals surface area (Å²) in [4.78, 5) is 13.9. The summed E-state index contributed by atoms with van der Waals surface area (Å²) < 4.78 is 0. The second kappa shape index (κ2) is 7.98. The van der Waals surface area contributed by atoms with Crippen molar-refractivity contribution in [3.63, 3.8) is 0 Å². The molecule has 118 valence electrons. The minimum absolute atomic E-state index is 0.166. The van der Waals surface area contributed by atoms with Gasteiger partial charge in [0.1, 0.15) is 6.07 Å². The summed E-state index contributed by atoms with van der Waals surface area (Å²) in [5.74, 6) is -0.166. The molecule has 0 atom stereocenters. The smallest absolute Gasteiger partial charge is 0.238 e. The predicted octanol–water partition coefficient (Wildman–Crippen LogP) is 3.94. The zero-order chi connectivity index (χ0) is 16.8. The average molecular weight is 348 g/mol. The third-order valence-corrected chi connectivity index (χ3v) is 3.87. The van der Waals surface area contributed by atoms with Crippen LogP contribution in [0.1, 0.15) is 11.1 Å². The second-order valence-corrected chi connectivity index (χ2v) is 5.93. The van der Waals surface area contributed by atoms with Gasteiger partial charge in [0.2, 0.25) is 5.91 Å². The number of halogens is 2. The van der Waals surface area contributed by atoms with Crippen molar-refractivity contribution in [2.45, 2.75) is 6.54 Å². The Morgan fingerprint density at radius 3 is 2.61 bits per heavy atom. The summed E-state index contributed by atoms with van der Waals surface area (Å²) in [6, 6.07) is 14.3. The summed E-state index contributed by atoms with van der Waals surface area (Å²) in [5.41, 5.74) is 1.90. The zero-order valence-corrected chi connectivity index (χ0v) is 14.0. The van der Waals surface area contributed by atoms with Crippen molar-refractivity contribution in [3.8, 4) is 6.07 Å². The van der Waals surface area contributed by atoms with E-state index in [-0.39, 0.29) is 12.5 Å². The average Bonchev–Trinajstić information content (AvgIpc) is 2.49. The number of anilines is 1. The number of nitrogens with one attached hydrogen (secondary N) is 1. The SMILES string of the molecule is CN(CC(=O)Nc1ccc(C#N)c(Cl)c1)Cc1ccccc1Cl. The zero-order valence-electron chi connectivity index (χ0n) is 12.5. The van der Waals surface area contributed by atoms with Crippen LogP contribution < -0.4 is 5.32 Å². The van der Waals surface area contributed by atoms with Gasteiger partial charge in [-0.15, -0.1) is 0 Å². The van der Waals surface area contributed by atoms with E-state index in [0.29, 0.717) is 27.8 Å². The Bertz CT molecular complexity index is 756. The highest BCUT2D eigenvalue weighted by Gasteiger charge is 2.10. The molecule has 0 spiro atoms. The predicted molar refractivity (Wildman–Crippen MR) is 92.6 cm³/mol. The lowest BCUT2D eigenvalue weighted by atomic mass is 10.2. The Kier molecular flexibility index (Phi) is 6.00. The molecule has 0 aromatic heterocycles. The highest BCUT2D eigenvalue weighted by atomic mass is 35.5. The molecule has 0 saturated carbocycles. The summed E-state index contributed by atoms with van der Waals surface area (Å²) in [5, 5.41) is 12.6. The molecule has 0 aliphatic carbocycles. The van der Waals surface area contributed by atoms with Gasteiger partial charge in [0.15, 0.2) is 0 Å². The van der Waals surface area contributed by atoms with Gasteiger partial charge in [-0.05, 0) is 36.9 Å². The maximum absolute atomic E-state index is 12.1. The van der Waals surface area contributed by atoms with Crippen LogP contribution in [0.5, 0.6) is 0 Å². The van der Waals surface area contributed by atoms with Gasteiger partial charge < -0.3 is 5.32 Å². The van der Waals surface area contributed by atoms with Crippen LogP contribution in [0, 0.1) is 11.3 Å². The molecule has 1 N–H and O–H groups in total. The quantitative estimate of drug-likeness (QED) is 0.891. The fourth-order valence-corrected chi connectivity index (χ4v) is 2.52. The molecule has 2 aromatic carbocycles. The molecule has 0 bridgehead atoms. The lowest BCUT2D eigenvalue weighted by molar-refractivity contribution is -0.117. The number of nitriles is 1. The van der Waals surface area contributed by atoms with Crippen molar-refractivity contribution in [1.29, 1.82) is 5.26 Å². The van der Waals surface area contributed by atoms with Crippen LogP contribution in [0.2, 0.25) is 10.0 Å². The van der Waals surface area contributed by atoms with E-state index in [9.17, 15) is 4.79 Å². The molecule has 2 aromatic rings. The fraction of sp³-hybridized carbons (Fsp3) is 0.176. The van der Waals surface area contributed by atoms with Crippen LogP contribution in [-0.2, 0) is 11.3 Å². The van der Waals surface area contributed by atoms with Crippen molar-refractivity contribution in [3.05, 3.63) is 63.6 Å². The van der Waals surface area contributed by atoms with Gasteiger partial charge >= 0.3 is 0 Å². The minimum atomic E-state index is -0.166. The van der Waals surface area contributed by atoms with Crippen LogP contribution >= 0.6 is 23.2 Å². The van der Waals surface area contributed by atoms with E-state index in [1.165, 1.54) is 0 Å². The summed E-state index contributed by atoms with van der Waals surface area (Å²) in [6.45, 7) is 0.782. The van der Waals surface area contributed by atoms with E-state index in [1.54, 1.807) is 18.2 Å². The number of hydrogen-bond donors (Lipinski definition) is 1. The Morgan fingerprint density at radius 2 is 1.96 bits per heavy atom. The number of benzene rings is 2. The summed E-state index contributed by atoms with van der Waals surface area (Å²) >= 11 is 12.1. The Labute approximate surface area is 145 Å². The third kappa shape index (κ3) is 4.97. The molecule has 0 unspecified atom stereocenters. The van der Waals surface area contributed by atoms with Gasteiger partial charge in [-0.3, -0.25) is 9.69 Å². The van der Waals surface area contributed by atoms with Gasteiger partial charge in [0, 0.05) is 17.3 Å². The maximum Gasteiger partial charge on any atom is 0.238 e. The molecule has 0 radical (unpaired) electrons. The van der Waals surface area contributed by atoms with Gasteiger partial charge in [0.05, 0.1) is 17.1 Å². The lowest BCUT2D eigenvalue weighted by Crippen LogP contribution is -2.29.